The molecule has 1 nitrogen and oxygen atoms in total. The predicted octanol–water partition coefficient (Wildman–Crippen LogP) is 1.16. The van der Waals surface area contributed by atoms with Gasteiger partial charge in [-0.05, 0) is 0 Å². The van der Waals surface area contributed by atoms with E-state index in [0.717, 1.165) is 3.74 Å². The van der Waals surface area contributed by atoms with E-state index in [4.69, 9.17) is 4.43 Å². The van der Waals surface area contributed by atoms with Crippen LogP contribution in [-0.4, -0.2) is 33.9 Å². The zero-order valence-electron chi connectivity index (χ0n) is 5.82. The Balaban J connectivity index is 3.55. The topological polar surface area (TPSA) is 9.23 Å². The molecule has 0 saturated heterocycles. The van der Waals surface area contributed by atoms with Gasteiger partial charge in [0, 0.05) is 0 Å². The van der Waals surface area contributed by atoms with Crippen LogP contribution >= 0.6 is 0 Å². The molecule has 0 aliphatic rings. The van der Waals surface area contributed by atoms with Gasteiger partial charge in [-0.15, -0.1) is 0 Å². The van der Waals surface area contributed by atoms with Crippen LogP contribution in [0.2, 0.25) is 19.6 Å². The first-order valence-corrected chi connectivity index (χ1v) is 7.19. The van der Waals surface area contributed by atoms with Crippen molar-refractivity contribution in [3.05, 3.63) is 0 Å². The molecule has 0 N–H and O–H groups in total. The minimum atomic E-state index is -1.25. The van der Waals surface area contributed by atoms with Crippen molar-refractivity contribution >= 4 is 33.9 Å². The molecule has 0 spiro atoms. The van der Waals surface area contributed by atoms with Crippen LogP contribution in [0.1, 0.15) is 6.92 Å². The van der Waals surface area contributed by atoms with E-state index in [1.807, 2.05) is 28.7 Å². The van der Waals surface area contributed by atoms with Crippen molar-refractivity contribution in [1.82, 2.24) is 0 Å². The average molecular weight is 244 g/mol. The fourth-order valence-electron chi connectivity index (χ4n) is 0.431. The Morgan fingerprint density at radius 3 is 1.75 bits per heavy atom. The van der Waals surface area contributed by atoms with Crippen LogP contribution in [0.5, 0.6) is 0 Å². The summed E-state index contributed by atoms with van der Waals surface area (Å²) in [4.78, 5) is 0. The van der Waals surface area contributed by atoms with E-state index < -0.39 is 8.32 Å². The summed E-state index contributed by atoms with van der Waals surface area (Å²) >= 11 is 1.93. The molecule has 0 aromatic carbocycles. The van der Waals surface area contributed by atoms with Crippen LogP contribution in [0.15, 0.2) is 0 Å². The Hall–Kier alpha value is 0.676. The summed E-state index contributed by atoms with van der Waals surface area (Å²) in [6.07, 6.45) is 0. The Labute approximate surface area is 65.0 Å². The summed E-state index contributed by atoms with van der Waals surface area (Å²) in [5.41, 5.74) is 0. The standard InChI is InChI=1S/C5H12OSiTe/c1-5(8)6-7(2,3)4/h1-4H3. The molecule has 0 aromatic heterocycles. The van der Waals surface area contributed by atoms with E-state index in [1.165, 1.54) is 0 Å². The Morgan fingerprint density at radius 1 is 1.38 bits per heavy atom. The third-order valence-electron chi connectivity index (χ3n) is 0.450. The van der Waals surface area contributed by atoms with Gasteiger partial charge < -0.3 is 0 Å². The summed E-state index contributed by atoms with van der Waals surface area (Å²) in [5.74, 6) is 0. The molecule has 48 valence electrons. The zero-order valence-corrected chi connectivity index (χ0v) is 9.15. The van der Waals surface area contributed by atoms with Crippen molar-refractivity contribution in [3.8, 4) is 0 Å². The van der Waals surface area contributed by atoms with Gasteiger partial charge in [0.2, 0.25) is 0 Å². The molecule has 0 aliphatic heterocycles. The van der Waals surface area contributed by atoms with Gasteiger partial charge in [-0.25, -0.2) is 0 Å². The molecule has 0 bridgehead atoms. The zero-order chi connectivity index (χ0) is 6.78. The molecular formula is C5H12OSiTe. The van der Waals surface area contributed by atoms with Crippen molar-refractivity contribution in [1.29, 1.82) is 0 Å². The van der Waals surface area contributed by atoms with Crippen LogP contribution in [-0.2, 0) is 4.43 Å². The second-order valence-electron chi connectivity index (χ2n) is 2.71. The summed E-state index contributed by atoms with van der Waals surface area (Å²) in [6, 6.07) is 0. The van der Waals surface area contributed by atoms with Gasteiger partial charge in [0.25, 0.3) is 0 Å². The third-order valence-corrected chi connectivity index (χ3v) is 2.06. The molecule has 0 radical (unpaired) electrons. The summed E-state index contributed by atoms with van der Waals surface area (Å²) < 4.78 is 6.59. The second-order valence-corrected chi connectivity index (χ2v) is 8.78. The molecule has 0 unspecified atom stereocenters. The first-order chi connectivity index (χ1) is 3.42. The molecule has 0 aromatic rings. The minimum absolute atomic E-state index is 1.10. The molecular weight excluding hydrogens is 232 g/mol. The molecule has 0 saturated carbocycles. The van der Waals surface area contributed by atoms with Crippen molar-refractivity contribution < 1.29 is 4.43 Å². The molecule has 0 heterocycles. The third kappa shape index (κ3) is 6.68. The second kappa shape index (κ2) is 3.00. The van der Waals surface area contributed by atoms with Gasteiger partial charge in [-0.3, -0.25) is 0 Å². The quantitative estimate of drug-likeness (QED) is 0.662. The van der Waals surface area contributed by atoms with Gasteiger partial charge in [0.05, 0.1) is 0 Å². The molecule has 3 heteroatoms. The molecule has 0 fully saturated rings. The van der Waals surface area contributed by atoms with Crippen molar-refractivity contribution in [3.63, 3.8) is 0 Å². The van der Waals surface area contributed by atoms with Gasteiger partial charge in [-0.2, -0.15) is 0 Å². The predicted molar refractivity (Wildman–Crippen MR) is 40.9 cm³/mol. The molecule has 0 atom stereocenters. The Bertz CT molecular complexity index is 95.1. The summed E-state index contributed by atoms with van der Waals surface area (Å²) in [5, 5.41) is 0. The SMILES string of the molecule is CC(=[Te])O[Si](C)(C)C. The van der Waals surface area contributed by atoms with E-state index in [-0.39, 0.29) is 0 Å². The fourth-order valence-corrected chi connectivity index (χ4v) is 3.43. The Kier molecular flexibility index (Phi) is 3.26. The summed E-state index contributed by atoms with van der Waals surface area (Å²) in [6.45, 7) is 8.55. The van der Waals surface area contributed by atoms with Crippen molar-refractivity contribution in [2.45, 2.75) is 26.6 Å². The average Bonchev–Trinajstić information content (AvgIpc) is 1.21. The van der Waals surface area contributed by atoms with Crippen LogP contribution in [0.3, 0.4) is 0 Å². The van der Waals surface area contributed by atoms with Gasteiger partial charge in [0.1, 0.15) is 0 Å². The summed E-state index contributed by atoms with van der Waals surface area (Å²) in [7, 11) is -1.25. The van der Waals surface area contributed by atoms with Crippen LogP contribution < -0.4 is 0 Å². The van der Waals surface area contributed by atoms with Gasteiger partial charge >= 0.3 is 64.9 Å². The van der Waals surface area contributed by atoms with Gasteiger partial charge in [0.15, 0.2) is 0 Å². The first kappa shape index (κ1) is 8.68. The van der Waals surface area contributed by atoms with E-state index in [1.54, 1.807) is 0 Å². The maximum atomic E-state index is 5.50. The molecule has 0 aliphatic carbocycles. The Morgan fingerprint density at radius 2 is 1.75 bits per heavy atom. The van der Waals surface area contributed by atoms with E-state index in [0.29, 0.717) is 0 Å². The monoisotopic (exact) mass is 246 g/mol. The van der Waals surface area contributed by atoms with Crippen LogP contribution in [0, 0.1) is 0 Å². The first-order valence-electron chi connectivity index (χ1n) is 2.61. The van der Waals surface area contributed by atoms with E-state index in [9.17, 15) is 0 Å². The van der Waals surface area contributed by atoms with Crippen molar-refractivity contribution in [2.24, 2.45) is 0 Å². The normalized spacial score (nSPS) is 11.0. The van der Waals surface area contributed by atoms with Crippen LogP contribution in [0.4, 0.5) is 0 Å². The van der Waals surface area contributed by atoms with Gasteiger partial charge in [-0.1, -0.05) is 0 Å². The fraction of sp³-hybridized carbons (Fsp3) is 0.800. The van der Waals surface area contributed by atoms with E-state index in [2.05, 4.69) is 19.6 Å². The number of hydrogen-bond acceptors (Lipinski definition) is 1. The maximum absolute atomic E-state index is 5.50. The number of rotatable bonds is 2. The molecule has 8 heavy (non-hydrogen) atoms. The number of hydrogen-bond donors (Lipinski definition) is 0. The van der Waals surface area contributed by atoms with Crippen LogP contribution in [0.25, 0.3) is 0 Å². The molecule has 0 amide bonds. The van der Waals surface area contributed by atoms with Crippen molar-refractivity contribution in [2.75, 3.05) is 0 Å². The van der Waals surface area contributed by atoms with E-state index >= 15 is 0 Å². The molecule has 0 rings (SSSR count).